The molecule has 1 unspecified atom stereocenters. The molecule has 0 saturated carbocycles. The van der Waals surface area contributed by atoms with Gasteiger partial charge < -0.3 is 9.73 Å². The number of fused-ring (bicyclic) bond motifs is 1. The second-order valence-electron chi connectivity index (χ2n) is 6.00. The normalized spacial score (nSPS) is 12.5. The van der Waals surface area contributed by atoms with E-state index >= 15 is 0 Å². The van der Waals surface area contributed by atoms with Crippen LogP contribution in [-0.2, 0) is 11.3 Å². The molecule has 1 amide bonds. The molecule has 0 aliphatic carbocycles. The fraction of sp³-hybridized carbons (Fsp3) is 0.389. The van der Waals surface area contributed by atoms with Crippen LogP contribution in [0.5, 0.6) is 0 Å². The van der Waals surface area contributed by atoms with E-state index in [-0.39, 0.29) is 23.3 Å². The zero-order chi connectivity index (χ0) is 18.8. The highest BCUT2D eigenvalue weighted by Gasteiger charge is 2.18. The molecule has 3 rings (SSSR count). The van der Waals surface area contributed by atoms with Crippen molar-refractivity contribution in [1.29, 1.82) is 0 Å². The predicted molar refractivity (Wildman–Crippen MR) is 105 cm³/mol. The summed E-state index contributed by atoms with van der Waals surface area (Å²) in [5.74, 6) is 0.763. The Morgan fingerprint density at radius 3 is 2.88 bits per heavy atom. The van der Waals surface area contributed by atoms with Gasteiger partial charge in [0.25, 0.3) is 5.56 Å². The molecule has 138 valence electrons. The number of hydrogen-bond donors (Lipinski definition) is 1. The molecule has 0 spiro atoms. The molecular formula is C18H21N3O3S2. The fourth-order valence-corrected chi connectivity index (χ4v) is 4.66. The van der Waals surface area contributed by atoms with Gasteiger partial charge in [-0.2, -0.15) is 0 Å². The van der Waals surface area contributed by atoms with Crippen molar-refractivity contribution in [2.45, 2.75) is 45.4 Å². The number of aryl methyl sites for hydroxylation is 2. The van der Waals surface area contributed by atoms with Crippen molar-refractivity contribution in [2.75, 3.05) is 5.75 Å². The summed E-state index contributed by atoms with van der Waals surface area (Å²) in [6, 6.07) is 3.41. The number of nitrogens with one attached hydrogen (secondary N) is 1. The van der Waals surface area contributed by atoms with Gasteiger partial charge in [0.2, 0.25) is 5.91 Å². The summed E-state index contributed by atoms with van der Waals surface area (Å²) in [6.07, 6.45) is 1.58. The molecule has 8 heteroatoms. The second-order valence-corrected chi connectivity index (χ2v) is 8.15. The van der Waals surface area contributed by atoms with E-state index in [1.54, 1.807) is 16.9 Å². The van der Waals surface area contributed by atoms with Crippen molar-refractivity contribution in [3.8, 4) is 0 Å². The molecule has 0 aromatic carbocycles. The summed E-state index contributed by atoms with van der Waals surface area (Å²) in [5, 5.41) is 4.15. The highest BCUT2D eigenvalue weighted by atomic mass is 32.2. The Morgan fingerprint density at radius 2 is 2.23 bits per heavy atom. The molecule has 0 aliphatic heterocycles. The maximum Gasteiger partial charge on any atom is 0.263 e. The molecule has 0 bridgehead atoms. The first-order valence-electron chi connectivity index (χ1n) is 8.38. The lowest BCUT2D eigenvalue weighted by atomic mass is 10.2. The Bertz CT molecular complexity index is 989. The second kappa shape index (κ2) is 7.67. The zero-order valence-electron chi connectivity index (χ0n) is 15.2. The van der Waals surface area contributed by atoms with E-state index in [1.165, 1.54) is 23.1 Å². The highest BCUT2D eigenvalue weighted by Crippen LogP contribution is 2.28. The Morgan fingerprint density at radius 1 is 1.46 bits per heavy atom. The molecule has 3 aromatic heterocycles. The third kappa shape index (κ3) is 3.57. The van der Waals surface area contributed by atoms with Crippen LogP contribution in [0.2, 0.25) is 0 Å². The minimum absolute atomic E-state index is 0.0359. The summed E-state index contributed by atoms with van der Waals surface area (Å²) >= 11 is 2.80. The summed E-state index contributed by atoms with van der Waals surface area (Å²) in [4.78, 5) is 31.5. The number of thiophene rings is 1. The Balaban J connectivity index is 1.78. The van der Waals surface area contributed by atoms with Crippen LogP contribution >= 0.6 is 23.1 Å². The van der Waals surface area contributed by atoms with E-state index in [4.69, 9.17) is 4.42 Å². The first-order chi connectivity index (χ1) is 12.4. The van der Waals surface area contributed by atoms with Crippen LogP contribution in [0.3, 0.4) is 0 Å². The lowest BCUT2D eigenvalue weighted by Crippen LogP contribution is -2.28. The van der Waals surface area contributed by atoms with Crippen LogP contribution < -0.4 is 10.9 Å². The van der Waals surface area contributed by atoms with E-state index < -0.39 is 0 Å². The Hall–Kier alpha value is -2.06. The van der Waals surface area contributed by atoms with Crippen LogP contribution in [0.1, 0.15) is 36.1 Å². The molecule has 1 atom stereocenters. The van der Waals surface area contributed by atoms with Gasteiger partial charge in [-0.15, -0.1) is 11.3 Å². The fourth-order valence-electron chi connectivity index (χ4n) is 2.72. The van der Waals surface area contributed by atoms with Crippen LogP contribution in [0, 0.1) is 13.8 Å². The van der Waals surface area contributed by atoms with Gasteiger partial charge in [-0.3, -0.25) is 14.2 Å². The molecule has 3 heterocycles. The van der Waals surface area contributed by atoms with E-state index in [0.29, 0.717) is 22.8 Å². The van der Waals surface area contributed by atoms with Crippen molar-refractivity contribution in [2.24, 2.45) is 0 Å². The van der Waals surface area contributed by atoms with Crippen molar-refractivity contribution >= 4 is 39.2 Å². The zero-order valence-corrected chi connectivity index (χ0v) is 16.8. The summed E-state index contributed by atoms with van der Waals surface area (Å²) in [6.45, 7) is 8.24. The number of furan rings is 1. The van der Waals surface area contributed by atoms with Crippen LogP contribution in [0.25, 0.3) is 10.2 Å². The summed E-state index contributed by atoms with van der Waals surface area (Å²) in [5.41, 5.74) is 0.956. The number of thioether (sulfide) groups is 1. The monoisotopic (exact) mass is 391 g/mol. The molecule has 0 aliphatic rings. The number of aromatic nitrogens is 2. The number of carbonyl (C=O) groups is 1. The van der Waals surface area contributed by atoms with Crippen LogP contribution in [-0.4, -0.2) is 21.2 Å². The lowest BCUT2D eigenvalue weighted by Gasteiger charge is -2.12. The van der Waals surface area contributed by atoms with Gasteiger partial charge in [0.15, 0.2) is 5.16 Å². The quantitative estimate of drug-likeness (QED) is 0.513. The summed E-state index contributed by atoms with van der Waals surface area (Å²) in [7, 11) is 0. The standard InChI is InChI=1S/C18H21N3O3S2/c1-5-21-17(23)15-10(2)12(4)26-16(15)20-18(21)25-9-14(22)19-11(3)13-7-6-8-24-13/h6-8,11H,5,9H2,1-4H3,(H,19,22). The average molecular weight is 392 g/mol. The highest BCUT2D eigenvalue weighted by molar-refractivity contribution is 7.99. The average Bonchev–Trinajstić information content (AvgIpc) is 3.22. The molecule has 0 fully saturated rings. The molecule has 0 saturated heterocycles. The first kappa shape index (κ1) is 18.7. The van der Waals surface area contributed by atoms with Gasteiger partial charge in [0, 0.05) is 11.4 Å². The number of amides is 1. The topological polar surface area (TPSA) is 77.1 Å². The molecular weight excluding hydrogens is 370 g/mol. The Labute approximate surface area is 159 Å². The van der Waals surface area contributed by atoms with E-state index in [2.05, 4.69) is 10.3 Å². The molecule has 1 N–H and O–H groups in total. The number of carbonyl (C=O) groups excluding carboxylic acids is 1. The minimum Gasteiger partial charge on any atom is -0.467 e. The maximum atomic E-state index is 12.8. The van der Waals surface area contributed by atoms with Gasteiger partial charge in [-0.1, -0.05) is 11.8 Å². The first-order valence-corrected chi connectivity index (χ1v) is 10.2. The third-order valence-corrected chi connectivity index (χ3v) is 6.33. The lowest BCUT2D eigenvalue weighted by molar-refractivity contribution is -0.119. The van der Waals surface area contributed by atoms with Crippen molar-refractivity contribution in [1.82, 2.24) is 14.9 Å². The number of rotatable bonds is 6. The van der Waals surface area contributed by atoms with E-state index in [1.807, 2.05) is 33.8 Å². The third-order valence-electron chi connectivity index (χ3n) is 4.25. The smallest absolute Gasteiger partial charge is 0.263 e. The maximum absolute atomic E-state index is 12.8. The SMILES string of the molecule is CCn1c(SCC(=O)NC(C)c2ccco2)nc2sc(C)c(C)c2c1=O. The van der Waals surface area contributed by atoms with Gasteiger partial charge in [0.1, 0.15) is 10.6 Å². The largest absolute Gasteiger partial charge is 0.467 e. The number of nitrogens with zero attached hydrogens (tertiary/aromatic N) is 2. The Kier molecular flexibility index (Phi) is 5.52. The molecule has 0 radical (unpaired) electrons. The predicted octanol–water partition coefficient (Wildman–Crippen LogP) is 3.66. The summed E-state index contributed by atoms with van der Waals surface area (Å²) < 4.78 is 6.93. The van der Waals surface area contributed by atoms with Crippen molar-refractivity contribution in [3.05, 3.63) is 45.0 Å². The van der Waals surface area contributed by atoms with Crippen LogP contribution in [0.4, 0.5) is 0 Å². The van der Waals surface area contributed by atoms with Gasteiger partial charge >= 0.3 is 0 Å². The molecule has 6 nitrogen and oxygen atoms in total. The van der Waals surface area contributed by atoms with Crippen molar-refractivity contribution < 1.29 is 9.21 Å². The number of hydrogen-bond acceptors (Lipinski definition) is 6. The van der Waals surface area contributed by atoms with E-state index in [9.17, 15) is 9.59 Å². The van der Waals surface area contributed by atoms with Crippen LogP contribution in [0.15, 0.2) is 32.8 Å². The molecule has 3 aromatic rings. The van der Waals surface area contributed by atoms with Gasteiger partial charge in [-0.05, 0) is 45.4 Å². The molecule has 26 heavy (non-hydrogen) atoms. The van der Waals surface area contributed by atoms with Gasteiger partial charge in [0.05, 0.1) is 23.4 Å². The minimum atomic E-state index is -0.204. The van der Waals surface area contributed by atoms with E-state index in [0.717, 1.165) is 15.3 Å². The van der Waals surface area contributed by atoms with Crippen molar-refractivity contribution in [3.63, 3.8) is 0 Å². The van der Waals surface area contributed by atoms with Gasteiger partial charge in [-0.25, -0.2) is 4.98 Å².